The SMILES string of the molecule is CSc1nc2cnc3ccccc3c2n1CC(C)C. The molecule has 0 atom stereocenters. The van der Waals surface area contributed by atoms with Gasteiger partial charge in [0.05, 0.1) is 17.2 Å². The Morgan fingerprint density at radius 3 is 2.74 bits per heavy atom. The Hall–Kier alpha value is -1.55. The molecule has 0 aliphatic heterocycles. The molecular formula is C15H17N3S. The van der Waals surface area contributed by atoms with Crippen molar-refractivity contribution >= 4 is 33.7 Å². The maximum absolute atomic E-state index is 4.70. The van der Waals surface area contributed by atoms with Gasteiger partial charge < -0.3 is 4.57 Å². The highest BCUT2D eigenvalue weighted by molar-refractivity contribution is 7.98. The molecule has 3 rings (SSSR count). The molecule has 0 aliphatic carbocycles. The van der Waals surface area contributed by atoms with Crippen molar-refractivity contribution in [2.75, 3.05) is 6.26 Å². The van der Waals surface area contributed by atoms with Crippen molar-refractivity contribution in [3.05, 3.63) is 30.5 Å². The van der Waals surface area contributed by atoms with E-state index in [2.05, 4.69) is 47.9 Å². The second-order valence-electron chi connectivity index (χ2n) is 5.11. The first kappa shape index (κ1) is 12.5. The van der Waals surface area contributed by atoms with Crippen molar-refractivity contribution < 1.29 is 0 Å². The molecule has 0 saturated heterocycles. The van der Waals surface area contributed by atoms with Gasteiger partial charge in [-0.05, 0) is 18.2 Å². The van der Waals surface area contributed by atoms with Gasteiger partial charge in [0.25, 0.3) is 0 Å². The summed E-state index contributed by atoms with van der Waals surface area (Å²) in [7, 11) is 0. The summed E-state index contributed by atoms with van der Waals surface area (Å²) in [5.41, 5.74) is 3.24. The first-order valence-corrected chi connectivity index (χ1v) is 7.71. The normalized spacial score (nSPS) is 11.8. The van der Waals surface area contributed by atoms with Crippen molar-refractivity contribution in [2.24, 2.45) is 5.92 Å². The van der Waals surface area contributed by atoms with Crippen LogP contribution in [0.4, 0.5) is 0 Å². The van der Waals surface area contributed by atoms with Gasteiger partial charge in [-0.15, -0.1) is 0 Å². The van der Waals surface area contributed by atoms with Gasteiger partial charge in [-0.3, -0.25) is 4.98 Å². The Balaban J connectivity index is 2.38. The van der Waals surface area contributed by atoms with Crippen LogP contribution in [-0.2, 0) is 6.54 Å². The number of rotatable bonds is 3. The van der Waals surface area contributed by atoms with Crippen LogP contribution in [0.25, 0.3) is 21.9 Å². The molecule has 0 saturated carbocycles. The van der Waals surface area contributed by atoms with Crippen LogP contribution < -0.4 is 0 Å². The van der Waals surface area contributed by atoms with Crippen LogP contribution in [0.3, 0.4) is 0 Å². The van der Waals surface area contributed by atoms with E-state index in [1.165, 1.54) is 10.9 Å². The van der Waals surface area contributed by atoms with Crippen LogP contribution in [0.2, 0.25) is 0 Å². The van der Waals surface area contributed by atoms with Crippen molar-refractivity contribution in [1.29, 1.82) is 0 Å². The van der Waals surface area contributed by atoms with Crippen molar-refractivity contribution in [2.45, 2.75) is 25.5 Å². The third-order valence-corrected chi connectivity index (χ3v) is 3.85. The maximum Gasteiger partial charge on any atom is 0.168 e. The number of aromatic nitrogens is 3. The lowest BCUT2D eigenvalue weighted by molar-refractivity contribution is 0.506. The lowest BCUT2D eigenvalue weighted by Crippen LogP contribution is -2.05. The average Bonchev–Trinajstić information content (AvgIpc) is 2.76. The zero-order valence-corrected chi connectivity index (χ0v) is 12.2. The van der Waals surface area contributed by atoms with E-state index >= 15 is 0 Å². The molecule has 0 radical (unpaired) electrons. The molecule has 0 N–H and O–H groups in total. The number of hydrogen-bond donors (Lipinski definition) is 0. The van der Waals surface area contributed by atoms with E-state index in [4.69, 9.17) is 4.98 Å². The average molecular weight is 271 g/mol. The zero-order chi connectivity index (χ0) is 13.4. The molecule has 0 fully saturated rings. The van der Waals surface area contributed by atoms with E-state index in [0.717, 1.165) is 22.7 Å². The summed E-state index contributed by atoms with van der Waals surface area (Å²) < 4.78 is 2.33. The number of nitrogens with zero attached hydrogens (tertiary/aromatic N) is 3. The Bertz CT molecular complexity index is 731. The minimum absolute atomic E-state index is 0.593. The van der Waals surface area contributed by atoms with Gasteiger partial charge in [0.2, 0.25) is 0 Å². The monoisotopic (exact) mass is 271 g/mol. The Morgan fingerprint density at radius 1 is 1.21 bits per heavy atom. The molecule has 2 aromatic heterocycles. The Kier molecular flexibility index (Phi) is 3.19. The largest absolute Gasteiger partial charge is 0.318 e. The number of para-hydroxylation sites is 1. The third-order valence-electron chi connectivity index (χ3n) is 3.17. The Labute approximate surface area is 117 Å². The molecule has 0 amide bonds. The lowest BCUT2D eigenvalue weighted by atomic mass is 10.2. The van der Waals surface area contributed by atoms with Crippen LogP contribution in [0, 0.1) is 5.92 Å². The predicted octanol–water partition coefficient (Wildman–Crippen LogP) is 3.96. The smallest absolute Gasteiger partial charge is 0.168 e. The molecule has 98 valence electrons. The highest BCUT2D eigenvalue weighted by Gasteiger charge is 2.14. The summed E-state index contributed by atoms with van der Waals surface area (Å²) >= 11 is 1.70. The fourth-order valence-corrected chi connectivity index (χ4v) is 3.01. The maximum atomic E-state index is 4.70. The van der Waals surface area contributed by atoms with Gasteiger partial charge in [0.15, 0.2) is 5.16 Å². The fourth-order valence-electron chi connectivity index (χ4n) is 2.43. The quantitative estimate of drug-likeness (QED) is 0.675. The van der Waals surface area contributed by atoms with Crippen LogP contribution in [-0.4, -0.2) is 20.8 Å². The van der Waals surface area contributed by atoms with Crippen molar-refractivity contribution in [3.8, 4) is 0 Å². The minimum atomic E-state index is 0.593. The summed E-state index contributed by atoms with van der Waals surface area (Å²) in [6.07, 6.45) is 3.96. The molecule has 0 unspecified atom stereocenters. The highest BCUT2D eigenvalue weighted by atomic mass is 32.2. The van der Waals surface area contributed by atoms with E-state index in [1.54, 1.807) is 11.8 Å². The van der Waals surface area contributed by atoms with E-state index in [9.17, 15) is 0 Å². The standard InChI is InChI=1S/C15H17N3S/c1-10(2)9-18-14-11-6-4-5-7-12(11)16-8-13(14)17-15(18)19-3/h4-8,10H,9H2,1-3H3. The van der Waals surface area contributed by atoms with E-state index in [1.807, 2.05) is 12.3 Å². The van der Waals surface area contributed by atoms with E-state index in [-0.39, 0.29) is 0 Å². The van der Waals surface area contributed by atoms with Gasteiger partial charge >= 0.3 is 0 Å². The van der Waals surface area contributed by atoms with Crippen LogP contribution in [0.5, 0.6) is 0 Å². The van der Waals surface area contributed by atoms with Crippen LogP contribution in [0.1, 0.15) is 13.8 Å². The third kappa shape index (κ3) is 2.10. The highest BCUT2D eigenvalue weighted by Crippen LogP contribution is 2.28. The van der Waals surface area contributed by atoms with Gasteiger partial charge in [-0.2, -0.15) is 0 Å². The molecule has 4 heteroatoms. The topological polar surface area (TPSA) is 30.7 Å². The van der Waals surface area contributed by atoms with Gasteiger partial charge in [-0.1, -0.05) is 43.8 Å². The number of fused-ring (bicyclic) bond motifs is 3. The summed E-state index contributed by atoms with van der Waals surface area (Å²) in [4.78, 5) is 9.19. The van der Waals surface area contributed by atoms with Crippen molar-refractivity contribution in [3.63, 3.8) is 0 Å². The fraction of sp³-hybridized carbons (Fsp3) is 0.333. The van der Waals surface area contributed by atoms with E-state index in [0.29, 0.717) is 5.92 Å². The Morgan fingerprint density at radius 2 is 2.00 bits per heavy atom. The summed E-state index contributed by atoms with van der Waals surface area (Å²) in [5.74, 6) is 0.593. The molecule has 3 nitrogen and oxygen atoms in total. The molecule has 1 aromatic carbocycles. The lowest BCUT2D eigenvalue weighted by Gasteiger charge is -2.11. The van der Waals surface area contributed by atoms with Gasteiger partial charge in [-0.25, -0.2) is 4.98 Å². The minimum Gasteiger partial charge on any atom is -0.318 e. The molecule has 0 spiro atoms. The number of imidazole rings is 1. The molecule has 3 aromatic rings. The van der Waals surface area contributed by atoms with E-state index < -0.39 is 0 Å². The predicted molar refractivity (Wildman–Crippen MR) is 81.7 cm³/mol. The van der Waals surface area contributed by atoms with Crippen LogP contribution >= 0.6 is 11.8 Å². The number of thioether (sulfide) groups is 1. The molecule has 0 bridgehead atoms. The van der Waals surface area contributed by atoms with Crippen molar-refractivity contribution in [1.82, 2.24) is 14.5 Å². The number of hydrogen-bond acceptors (Lipinski definition) is 3. The zero-order valence-electron chi connectivity index (χ0n) is 11.4. The molecular weight excluding hydrogens is 254 g/mol. The first-order chi connectivity index (χ1) is 9.20. The number of benzene rings is 1. The van der Waals surface area contributed by atoms with Gasteiger partial charge in [0.1, 0.15) is 5.52 Å². The summed E-state index contributed by atoms with van der Waals surface area (Å²) in [5, 5.41) is 2.26. The first-order valence-electron chi connectivity index (χ1n) is 6.48. The molecule has 0 aliphatic rings. The molecule has 2 heterocycles. The second-order valence-corrected chi connectivity index (χ2v) is 5.89. The van der Waals surface area contributed by atoms with Gasteiger partial charge in [0, 0.05) is 11.9 Å². The second kappa shape index (κ2) is 4.85. The summed E-state index contributed by atoms with van der Waals surface area (Å²) in [6.45, 7) is 5.46. The van der Waals surface area contributed by atoms with Crippen LogP contribution in [0.15, 0.2) is 35.6 Å². The molecule has 19 heavy (non-hydrogen) atoms. The number of pyridine rings is 1. The summed E-state index contributed by atoms with van der Waals surface area (Å²) in [6, 6.07) is 8.28.